The zero-order chi connectivity index (χ0) is 21.4. The number of carbonyl (C=O) groups is 2. The average molecular weight is 420 g/mol. The van der Waals surface area contributed by atoms with Gasteiger partial charge in [-0.15, -0.1) is 0 Å². The summed E-state index contributed by atoms with van der Waals surface area (Å²) < 4.78 is 10.5. The zero-order valence-electron chi connectivity index (χ0n) is 16.8. The zero-order valence-corrected chi connectivity index (χ0v) is 17.5. The number of hydrogen-bond donors (Lipinski definition) is 2. The van der Waals surface area contributed by atoms with Crippen molar-refractivity contribution in [1.82, 2.24) is 5.32 Å². The van der Waals surface area contributed by atoms with Crippen LogP contribution >= 0.6 is 11.6 Å². The molecule has 2 rings (SSSR count). The van der Waals surface area contributed by atoms with Gasteiger partial charge in [-0.2, -0.15) is 0 Å². The lowest BCUT2D eigenvalue weighted by Gasteiger charge is -2.20. The number of rotatable bonds is 8. The maximum absolute atomic E-state index is 12.0. The molecule has 0 fully saturated rings. The lowest BCUT2D eigenvalue weighted by Crippen LogP contribution is -2.33. The van der Waals surface area contributed by atoms with Crippen LogP contribution in [0.3, 0.4) is 0 Å². The van der Waals surface area contributed by atoms with Crippen molar-refractivity contribution in [2.24, 2.45) is 0 Å². The molecule has 0 bridgehead atoms. The van der Waals surface area contributed by atoms with Gasteiger partial charge in [0.2, 0.25) is 0 Å². The fourth-order valence-electron chi connectivity index (χ4n) is 2.55. The summed E-state index contributed by atoms with van der Waals surface area (Å²) in [6.45, 7) is 5.58. The number of hydrogen-bond acceptors (Lipinski definition) is 6. The van der Waals surface area contributed by atoms with Crippen molar-refractivity contribution in [3.8, 4) is 5.75 Å². The van der Waals surface area contributed by atoms with Gasteiger partial charge < -0.3 is 19.9 Å². The number of benzene rings is 2. The molecule has 2 aromatic carbocycles. The number of ether oxygens (including phenoxy) is 2. The van der Waals surface area contributed by atoms with Gasteiger partial charge in [0, 0.05) is 11.6 Å². The highest BCUT2D eigenvalue weighted by molar-refractivity contribution is 6.30. The van der Waals surface area contributed by atoms with E-state index in [0.29, 0.717) is 16.3 Å². The van der Waals surface area contributed by atoms with Crippen molar-refractivity contribution in [1.29, 1.82) is 0 Å². The van der Waals surface area contributed by atoms with E-state index in [2.05, 4.69) is 5.32 Å². The Hall–Kier alpha value is -2.41. The molecule has 0 amide bonds. The standard InChI is InChI=1S/C22H26ClNO5/c1-22(2,3)29-21(27)14-24-13-19(25)16-7-9-18(10-8-16)28-20(26)12-15-5-4-6-17(23)11-15/h4-11,19,24-25H,12-14H2,1-3H3. The summed E-state index contributed by atoms with van der Waals surface area (Å²) in [4.78, 5) is 23.7. The lowest BCUT2D eigenvalue weighted by atomic mass is 10.1. The van der Waals surface area contributed by atoms with Gasteiger partial charge in [-0.05, 0) is 56.2 Å². The molecule has 0 spiro atoms. The SMILES string of the molecule is CC(C)(C)OC(=O)CNCC(O)c1ccc(OC(=O)Cc2cccc(Cl)c2)cc1. The van der Waals surface area contributed by atoms with E-state index >= 15 is 0 Å². The third kappa shape index (κ3) is 8.64. The maximum atomic E-state index is 12.0. The summed E-state index contributed by atoms with van der Waals surface area (Å²) in [5, 5.41) is 13.7. The minimum atomic E-state index is -0.811. The van der Waals surface area contributed by atoms with Crippen LogP contribution in [0.4, 0.5) is 0 Å². The molecule has 6 nitrogen and oxygen atoms in total. The Kier molecular flexibility index (Phi) is 8.20. The van der Waals surface area contributed by atoms with Gasteiger partial charge in [0.05, 0.1) is 19.1 Å². The summed E-state index contributed by atoms with van der Waals surface area (Å²) in [5.41, 5.74) is 0.860. The van der Waals surface area contributed by atoms with E-state index in [0.717, 1.165) is 5.56 Å². The highest BCUT2D eigenvalue weighted by Crippen LogP contribution is 2.18. The van der Waals surface area contributed by atoms with Crippen molar-refractivity contribution in [3.63, 3.8) is 0 Å². The predicted molar refractivity (Wildman–Crippen MR) is 111 cm³/mol. The molecule has 0 saturated heterocycles. The second-order valence-electron chi connectivity index (χ2n) is 7.58. The van der Waals surface area contributed by atoms with Gasteiger partial charge >= 0.3 is 11.9 Å². The van der Waals surface area contributed by atoms with Crippen molar-refractivity contribution < 1.29 is 24.2 Å². The third-order valence-corrected chi connectivity index (χ3v) is 4.00. The van der Waals surface area contributed by atoms with Gasteiger partial charge in [-0.3, -0.25) is 9.59 Å². The van der Waals surface area contributed by atoms with Gasteiger partial charge in [-0.25, -0.2) is 0 Å². The highest BCUT2D eigenvalue weighted by Gasteiger charge is 2.16. The number of aliphatic hydroxyl groups excluding tert-OH is 1. The molecule has 0 saturated carbocycles. The van der Waals surface area contributed by atoms with Gasteiger partial charge in [0.15, 0.2) is 0 Å². The molecule has 2 N–H and O–H groups in total. The molecule has 0 aliphatic heterocycles. The van der Waals surface area contributed by atoms with Crippen LogP contribution in [0.2, 0.25) is 5.02 Å². The van der Waals surface area contributed by atoms with Crippen LogP contribution in [0.15, 0.2) is 48.5 Å². The number of nitrogens with one attached hydrogen (secondary N) is 1. The summed E-state index contributed by atoms with van der Waals surface area (Å²) in [6.07, 6.45) is -0.701. The first-order valence-electron chi connectivity index (χ1n) is 9.28. The molecule has 0 heterocycles. The van der Waals surface area contributed by atoms with Crippen LogP contribution in [0.25, 0.3) is 0 Å². The Morgan fingerprint density at radius 1 is 1.10 bits per heavy atom. The third-order valence-electron chi connectivity index (χ3n) is 3.76. The van der Waals surface area contributed by atoms with E-state index in [1.165, 1.54) is 0 Å². The Morgan fingerprint density at radius 3 is 2.41 bits per heavy atom. The monoisotopic (exact) mass is 419 g/mol. The fraction of sp³-hybridized carbons (Fsp3) is 0.364. The quantitative estimate of drug-likeness (QED) is 0.503. The van der Waals surface area contributed by atoms with E-state index < -0.39 is 17.7 Å². The molecule has 29 heavy (non-hydrogen) atoms. The minimum absolute atomic E-state index is 0.00747. The Labute approximate surface area is 175 Å². The second-order valence-corrected chi connectivity index (χ2v) is 8.02. The normalized spacial score (nSPS) is 12.3. The molecule has 1 unspecified atom stereocenters. The lowest BCUT2D eigenvalue weighted by molar-refractivity contribution is -0.153. The number of aliphatic hydroxyl groups is 1. The Balaban J connectivity index is 1.79. The largest absolute Gasteiger partial charge is 0.459 e. The first-order chi connectivity index (χ1) is 13.6. The Bertz CT molecular complexity index is 830. The van der Waals surface area contributed by atoms with Crippen molar-refractivity contribution in [2.45, 2.75) is 38.9 Å². The van der Waals surface area contributed by atoms with E-state index in [9.17, 15) is 14.7 Å². The second kappa shape index (κ2) is 10.4. The molecule has 156 valence electrons. The number of esters is 2. The molecule has 1 atom stereocenters. The highest BCUT2D eigenvalue weighted by atomic mass is 35.5. The molecule has 0 aliphatic carbocycles. The minimum Gasteiger partial charge on any atom is -0.459 e. The van der Waals surface area contributed by atoms with Gasteiger partial charge in [-0.1, -0.05) is 35.9 Å². The Morgan fingerprint density at radius 2 is 1.79 bits per heavy atom. The van der Waals surface area contributed by atoms with E-state index in [4.69, 9.17) is 21.1 Å². The van der Waals surface area contributed by atoms with Gasteiger partial charge in [0.1, 0.15) is 11.4 Å². The van der Waals surface area contributed by atoms with Crippen LogP contribution in [-0.4, -0.2) is 35.7 Å². The van der Waals surface area contributed by atoms with Crippen LogP contribution in [0, 0.1) is 0 Å². The fourth-order valence-corrected chi connectivity index (χ4v) is 2.76. The first kappa shape index (κ1) is 22.9. The molecule has 7 heteroatoms. The summed E-state index contributed by atoms with van der Waals surface area (Å²) in [6, 6.07) is 13.6. The molecular formula is C22H26ClNO5. The average Bonchev–Trinajstić information content (AvgIpc) is 2.60. The van der Waals surface area contributed by atoms with E-state index in [1.54, 1.807) is 69.3 Å². The molecule has 2 aromatic rings. The predicted octanol–water partition coefficient (Wildman–Crippen LogP) is 3.45. The molecular weight excluding hydrogens is 394 g/mol. The van der Waals surface area contributed by atoms with Crippen molar-refractivity contribution >= 4 is 23.5 Å². The van der Waals surface area contributed by atoms with Gasteiger partial charge in [0.25, 0.3) is 0 Å². The van der Waals surface area contributed by atoms with Crippen LogP contribution < -0.4 is 10.1 Å². The molecule has 0 aliphatic rings. The maximum Gasteiger partial charge on any atom is 0.320 e. The van der Waals surface area contributed by atoms with Crippen molar-refractivity contribution in [3.05, 3.63) is 64.7 Å². The smallest absolute Gasteiger partial charge is 0.320 e. The van der Waals surface area contributed by atoms with Crippen LogP contribution in [0.5, 0.6) is 5.75 Å². The number of carbonyl (C=O) groups excluding carboxylic acids is 2. The summed E-state index contributed by atoms with van der Waals surface area (Å²) in [5.74, 6) is -0.402. The molecule has 0 radical (unpaired) electrons. The van der Waals surface area contributed by atoms with Crippen LogP contribution in [-0.2, 0) is 20.7 Å². The summed E-state index contributed by atoms with van der Waals surface area (Å²) >= 11 is 5.91. The summed E-state index contributed by atoms with van der Waals surface area (Å²) in [7, 11) is 0. The van der Waals surface area contributed by atoms with E-state index in [1.807, 2.05) is 0 Å². The number of halogens is 1. The topological polar surface area (TPSA) is 84.9 Å². The molecule has 0 aromatic heterocycles. The van der Waals surface area contributed by atoms with Crippen LogP contribution in [0.1, 0.15) is 38.0 Å². The van der Waals surface area contributed by atoms with Crippen molar-refractivity contribution in [2.75, 3.05) is 13.1 Å². The first-order valence-corrected chi connectivity index (χ1v) is 9.66. The van der Waals surface area contributed by atoms with E-state index in [-0.39, 0.29) is 25.5 Å².